The summed E-state index contributed by atoms with van der Waals surface area (Å²) in [6.45, 7) is 0.200. The van der Waals surface area contributed by atoms with Gasteiger partial charge in [-0.05, 0) is 35.2 Å². The molecule has 0 unspecified atom stereocenters. The standard InChI is InChI=1S/C28H25F3N4O2/c29-28(30,31)25-24(18-6-2-1-3-7-18)33-26(34-25)23-15-19-8-4-5-9-20(19)16-35(23)27(37)22(32)14-17-10-12-21(36)13-11-17/h1-13,22-23,36H,14-16,32H2,(H,33,34)/t22-,23-/m0/s1. The number of halogens is 3. The normalized spacial score (nSPS) is 16.3. The van der Waals surface area contributed by atoms with E-state index in [1.165, 1.54) is 17.0 Å². The topological polar surface area (TPSA) is 95.2 Å². The number of imidazole rings is 1. The van der Waals surface area contributed by atoms with Crippen LogP contribution in [-0.2, 0) is 30.4 Å². The van der Waals surface area contributed by atoms with Crippen molar-refractivity contribution in [2.45, 2.75) is 37.6 Å². The Hall–Kier alpha value is -4.11. The number of carbonyl (C=O) groups excluding carboxylic acids is 1. The van der Waals surface area contributed by atoms with Gasteiger partial charge in [-0.3, -0.25) is 4.79 Å². The summed E-state index contributed by atoms with van der Waals surface area (Å²) in [4.78, 5) is 22.0. The molecule has 4 N–H and O–H groups in total. The third-order valence-corrected chi connectivity index (χ3v) is 6.61. The molecule has 5 rings (SSSR count). The minimum absolute atomic E-state index is 0.0610. The molecule has 6 nitrogen and oxygen atoms in total. The summed E-state index contributed by atoms with van der Waals surface area (Å²) in [7, 11) is 0. The fourth-order valence-corrected chi connectivity index (χ4v) is 4.74. The van der Waals surface area contributed by atoms with Gasteiger partial charge in [-0.25, -0.2) is 4.98 Å². The Kier molecular flexibility index (Phi) is 6.47. The molecule has 0 saturated carbocycles. The van der Waals surface area contributed by atoms with Gasteiger partial charge in [0.05, 0.1) is 12.1 Å². The Morgan fingerprint density at radius 2 is 1.68 bits per heavy atom. The SMILES string of the molecule is N[C@@H](Cc1ccc(O)cc1)C(=O)N1Cc2ccccc2C[C@H]1c1nc(-c2ccccc2)c(C(F)(F)F)[nH]1. The van der Waals surface area contributed by atoms with Gasteiger partial charge < -0.3 is 20.7 Å². The lowest BCUT2D eigenvalue weighted by Crippen LogP contribution is -2.48. The molecule has 37 heavy (non-hydrogen) atoms. The van der Waals surface area contributed by atoms with Crippen molar-refractivity contribution in [2.24, 2.45) is 5.73 Å². The largest absolute Gasteiger partial charge is 0.508 e. The van der Waals surface area contributed by atoms with Crippen LogP contribution < -0.4 is 5.73 Å². The molecule has 1 aliphatic rings. The molecular weight excluding hydrogens is 481 g/mol. The summed E-state index contributed by atoms with van der Waals surface area (Å²) in [5.41, 5.74) is 8.09. The number of hydrogen-bond acceptors (Lipinski definition) is 4. The van der Waals surface area contributed by atoms with Gasteiger partial charge in [-0.15, -0.1) is 0 Å². The number of carbonyl (C=O) groups is 1. The number of nitrogens with one attached hydrogen (secondary N) is 1. The molecule has 0 aliphatic carbocycles. The summed E-state index contributed by atoms with van der Waals surface area (Å²) in [6.07, 6.45) is -4.15. The predicted octanol–water partition coefficient (Wildman–Crippen LogP) is 5.00. The molecule has 3 aromatic carbocycles. The number of benzene rings is 3. The maximum Gasteiger partial charge on any atom is 0.433 e. The van der Waals surface area contributed by atoms with E-state index in [9.17, 15) is 23.1 Å². The second-order valence-corrected chi connectivity index (χ2v) is 9.14. The molecule has 0 fully saturated rings. The molecule has 1 amide bonds. The Labute approximate surface area is 211 Å². The Morgan fingerprint density at radius 3 is 2.35 bits per heavy atom. The lowest BCUT2D eigenvalue weighted by molar-refractivity contribution is -0.140. The lowest BCUT2D eigenvalue weighted by atomic mass is 9.92. The molecular formula is C28H25F3N4O2. The van der Waals surface area contributed by atoms with Crippen molar-refractivity contribution in [2.75, 3.05) is 0 Å². The summed E-state index contributed by atoms with van der Waals surface area (Å²) >= 11 is 0. The first-order chi connectivity index (χ1) is 17.7. The van der Waals surface area contributed by atoms with Crippen LogP contribution in [0.1, 0.15) is 34.3 Å². The number of phenols is 1. The van der Waals surface area contributed by atoms with E-state index in [1.807, 2.05) is 24.3 Å². The van der Waals surface area contributed by atoms with Gasteiger partial charge in [0.1, 0.15) is 23.0 Å². The van der Waals surface area contributed by atoms with Gasteiger partial charge in [-0.1, -0.05) is 66.7 Å². The molecule has 0 bridgehead atoms. The number of aromatic hydroxyl groups is 1. The van der Waals surface area contributed by atoms with Crippen LogP contribution in [0.25, 0.3) is 11.3 Å². The Balaban J connectivity index is 1.53. The number of alkyl halides is 3. The van der Waals surface area contributed by atoms with Gasteiger partial charge in [0.2, 0.25) is 5.91 Å². The molecule has 0 radical (unpaired) electrons. The number of fused-ring (bicyclic) bond motifs is 1. The fraction of sp³-hybridized carbons (Fsp3) is 0.214. The van der Waals surface area contributed by atoms with Crippen LogP contribution in [0.2, 0.25) is 0 Å². The first-order valence-electron chi connectivity index (χ1n) is 11.8. The molecule has 1 aromatic heterocycles. The van der Waals surface area contributed by atoms with Crippen LogP contribution in [0.5, 0.6) is 5.75 Å². The number of aromatic amines is 1. The first-order valence-corrected chi connectivity index (χ1v) is 11.8. The predicted molar refractivity (Wildman–Crippen MR) is 132 cm³/mol. The highest BCUT2D eigenvalue weighted by Gasteiger charge is 2.41. The lowest BCUT2D eigenvalue weighted by Gasteiger charge is -2.37. The Morgan fingerprint density at radius 1 is 1.03 bits per heavy atom. The minimum atomic E-state index is -4.66. The van der Waals surface area contributed by atoms with Crippen molar-refractivity contribution in [1.29, 1.82) is 0 Å². The van der Waals surface area contributed by atoms with E-state index >= 15 is 0 Å². The molecule has 9 heteroatoms. The number of phenolic OH excluding ortho intramolecular Hbond substituents is 1. The molecule has 4 aromatic rings. The van der Waals surface area contributed by atoms with Crippen molar-refractivity contribution in [3.05, 3.63) is 107 Å². The van der Waals surface area contributed by atoms with Crippen LogP contribution >= 0.6 is 0 Å². The second kappa shape index (κ2) is 9.74. The third kappa shape index (κ3) is 5.08. The first kappa shape index (κ1) is 24.6. The number of rotatable bonds is 5. The van der Waals surface area contributed by atoms with Gasteiger partial charge in [0.15, 0.2) is 0 Å². The number of nitrogens with two attached hydrogens (primary N) is 1. The quantitative estimate of drug-likeness (QED) is 0.355. The summed E-state index contributed by atoms with van der Waals surface area (Å²) in [6, 6.07) is 20.4. The van der Waals surface area contributed by atoms with Crippen LogP contribution in [0.4, 0.5) is 13.2 Å². The van der Waals surface area contributed by atoms with Crippen LogP contribution in [0, 0.1) is 0 Å². The number of H-pyrrole nitrogens is 1. The second-order valence-electron chi connectivity index (χ2n) is 9.14. The van der Waals surface area contributed by atoms with E-state index in [4.69, 9.17) is 5.73 Å². The summed E-state index contributed by atoms with van der Waals surface area (Å²) in [5.74, 6) is -0.228. The molecule has 2 heterocycles. The van der Waals surface area contributed by atoms with Gasteiger partial charge in [0.25, 0.3) is 0 Å². The summed E-state index contributed by atoms with van der Waals surface area (Å²) in [5, 5.41) is 9.52. The van der Waals surface area contributed by atoms with Gasteiger partial charge in [0, 0.05) is 18.5 Å². The monoisotopic (exact) mass is 506 g/mol. The number of nitrogens with zero attached hydrogens (tertiary/aromatic N) is 2. The van der Waals surface area contributed by atoms with Crippen LogP contribution in [0.3, 0.4) is 0 Å². The van der Waals surface area contributed by atoms with Crippen molar-refractivity contribution >= 4 is 5.91 Å². The zero-order valence-electron chi connectivity index (χ0n) is 19.7. The zero-order chi connectivity index (χ0) is 26.2. The van der Waals surface area contributed by atoms with Crippen LogP contribution in [-0.4, -0.2) is 31.9 Å². The molecule has 0 saturated heterocycles. The third-order valence-electron chi connectivity index (χ3n) is 6.61. The minimum Gasteiger partial charge on any atom is -0.508 e. The zero-order valence-corrected chi connectivity index (χ0v) is 19.7. The average Bonchev–Trinajstić information content (AvgIpc) is 3.36. The highest BCUT2D eigenvalue weighted by Crippen LogP contribution is 2.39. The maximum atomic E-state index is 14.0. The number of amides is 1. The fourth-order valence-electron chi connectivity index (χ4n) is 4.74. The smallest absolute Gasteiger partial charge is 0.433 e. The highest BCUT2D eigenvalue weighted by molar-refractivity contribution is 5.83. The number of hydrogen-bond donors (Lipinski definition) is 3. The molecule has 2 atom stereocenters. The van der Waals surface area contributed by atoms with E-state index in [0.29, 0.717) is 12.0 Å². The van der Waals surface area contributed by atoms with Crippen molar-refractivity contribution in [3.8, 4) is 17.0 Å². The van der Waals surface area contributed by atoms with E-state index in [2.05, 4.69) is 9.97 Å². The van der Waals surface area contributed by atoms with E-state index in [0.717, 1.165) is 16.7 Å². The van der Waals surface area contributed by atoms with Gasteiger partial charge >= 0.3 is 6.18 Å². The molecule has 1 aliphatic heterocycles. The van der Waals surface area contributed by atoms with Crippen molar-refractivity contribution in [3.63, 3.8) is 0 Å². The van der Waals surface area contributed by atoms with E-state index in [1.54, 1.807) is 42.5 Å². The Bertz CT molecular complexity index is 1400. The van der Waals surface area contributed by atoms with E-state index in [-0.39, 0.29) is 30.2 Å². The van der Waals surface area contributed by atoms with Gasteiger partial charge in [-0.2, -0.15) is 13.2 Å². The molecule has 190 valence electrons. The van der Waals surface area contributed by atoms with E-state index < -0.39 is 29.9 Å². The summed E-state index contributed by atoms with van der Waals surface area (Å²) < 4.78 is 42.1. The van der Waals surface area contributed by atoms with Crippen LogP contribution in [0.15, 0.2) is 78.9 Å². The van der Waals surface area contributed by atoms with Crippen molar-refractivity contribution in [1.82, 2.24) is 14.9 Å². The molecule has 0 spiro atoms. The average molecular weight is 507 g/mol. The van der Waals surface area contributed by atoms with Crippen molar-refractivity contribution < 1.29 is 23.1 Å². The highest BCUT2D eigenvalue weighted by atomic mass is 19.4. The number of aromatic nitrogens is 2. The maximum absolute atomic E-state index is 14.0.